The number of rotatable bonds is 6. The van der Waals surface area contributed by atoms with Crippen LogP contribution in [0.1, 0.15) is 21.5 Å². The molecule has 0 aliphatic carbocycles. The monoisotopic (exact) mass is 447 g/mol. The highest BCUT2D eigenvalue weighted by Gasteiger charge is 2.29. The Morgan fingerprint density at radius 3 is 2.85 bits per heavy atom. The third kappa shape index (κ3) is 4.08. The number of H-pyrrole nitrogens is 1. The Balaban J connectivity index is 1.49. The number of oxime groups is 1. The van der Waals surface area contributed by atoms with E-state index in [9.17, 15) is 9.90 Å². The van der Waals surface area contributed by atoms with Gasteiger partial charge in [0, 0.05) is 49.2 Å². The summed E-state index contributed by atoms with van der Waals surface area (Å²) in [5, 5.41) is 19.2. The third-order valence-corrected chi connectivity index (χ3v) is 5.92. The second-order valence-electron chi connectivity index (χ2n) is 7.94. The van der Waals surface area contributed by atoms with Crippen LogP contribution in [0.3, 0.4) is 0 Å². The predicted molar refractivity (Wildman–Crippen MR) is 126 cm³/mol. The second-order valence-corrected chi connectivity index (χ2v) is 7.94. The fourth-order valence-electron chi connectivity index (χ4n) is 4.22. The van der Waals surface area contributed by atoms with Crippen molar-refractivity contribution in [3.63, 3.8) is 0 Å². The van der Waals surface area contributed by atoms with Crippen molar-refractivity contribution in [2.45, 2.75) is 0 Å². The molecule has 0 unspecified atom stereocenters. The van der Waals surface area contributed by atoms with Crippen LogP contribution in [0.2, 0.25) is 0 Å². The van der Waals surface area contributed by atoms with Gasteiger partial charge in [0.2, 0.25) is 0 Å². The van der Waals surface area contributed by atoms with Crippen molar-refractivity contribution >= 4 is 34.0 Å². The number of nitrogens with zero attached hydrogens (tertiary/aromatic N) is 3. The van der Waals surface area contributed by atoms with E-state index in [4.69, 9.17) is 14.6 Å². The first-order valence-corrected chi connectivity index (χ1v) is 10.9. The Morgan fingerprint density at radius 2 is 2.03 bits per heavy atom. The van der Waals surface area contributed by atoms with Crippen LogP contribution in [-0.2, 0) is 9.57 Å². The average Bonchev–Trinajstić information content (AvgIpc) is 3.37. The lowest BCUT2D eigenvalue weighted by molar-refractivity contribution is 0.0601. The molecule has 1 saturated heterocycles. The van der Waals surface area contributed by atoms with Gasteiger partial charge in [0.15, 0.2) is 5.88 Å². The van der Waals surface area contributed by atoms with Gasteiger partial charge in [-0.2, -0.15) is 0 Å². The third-order valence-electron chi connectivity index (χ3n) is 5.92. The molecule has 0 radical (unpaired) electrons. The number of esters is 1. The van der Waals surface area contributed by atoms with E-state index in [0.717, 1.165) is 44.0 Å². The Hall–Kier alpha value is -3.69. The number of hydrogen-bond acceptors (Lipinski definition) is 8. The van der Waals surface area contributed by atoms with Crippen LogP contribution in [-0.4, -0.2) is 78.8 Å². The summed E-state index contributed by atoms with van der Waals surface area (Å²) in [7, 11) is 1.34. The number of carbonyl (C=O) groups excluding carboxylic acids is 1. The highest BCUT2D eigenvalue weighted by molar-refractivity contribution is 6.58. The van der Waals surface area contributed by atoms with Gasteiger partial charge in [-0.3, -0.25) is 4.90 Å². The number of para-hydroxylation sites is 1. The number of fused-ring (bicyclic) bond motifs is 2. The topological polar surface area (TPSA) is 112 Å². The van der Waals surface area contributed by atoms with Gasteiger partial charge in [-0.25, -0.2) is 9.79 Å². The molecule has 3 aromatic rings. The number of piperazine rings is 1. The summed E-state index contributed by atoms with van der Waals surface area (Å²) in [4.78, 5) is 27.8. The van der Waals surface area contributed by atoms with Crippen LogP contribution in [0, 0.1) is 0 Å². The number of aliphatic imine (C=N–C) groups is 1. The van der Waals surface area contributed by atoms with Crippen LogP contribution in [0.5, 0.6) is 5.88 Å². The maximum Gasteiger partial charge on any atom is 0.337 e. The van der Waals surface area contributed by atoms with Gasteiger partial charge in [-0.15, -0.1) is 0 Å². The molecule has 170 valence electrons. The fourth-order valence-corrected chi connectivity index (χ4v) is 4.22. The summed E-state index contributed by atoms with van der Waals surface area (Å²) in [6.45, 7) is 5.17. The molecule has 5 rings (SSSR count). The zero-order valence-corrected chi connectivity index (χ0v) is 18.3. The summed E-state index contributed by atoms with van der Waals surface area (Å²) < 4.78 is 4.85. The quantitative estimate of drug-likeness (QED) is 0.304. The average molecular weight is 447 g/mol. The molecule has 9 heteroatoms. The van der Waals surface area contributed by atoms with Crippen molar-refractivity contribution in [3.05, 3.63) is 59.2 Å². The van der Waals surface area contributed by atoms with Crippen LogP contribution in [0.4, 0.5) is 5.69 Å². The van der Waals surface area contributed by atoms with Crippen molar-refractivity contribution in [1.29, 1.82) is 0 Å². The predicted octanol–water partition coefficient (Wildman–Crippen LogP) is 2.42. The first kappa shape index (κ1) is 21.2. The molecule has 2 aliphatic heterocycles. The number of benzene rings is 2. The van der Waals surface area contributed by atoms with Crippen LogP contribution in [0.25, 0.3) is 10.9 Å². The van der Waals surface area contributed by atoms with Gasteiger partial charge in [-0.05, 0) is 24.3 Å². The van der Waals surface area contributed by atoms with E-state index < -0.39 is 5.97 Å². The molecule has 1 aromatic heterocycles. The molecule has 2 aromatic carbocycles. The largest absolute Gasteiger partial charge is 0.494 e. The maximum atomic E-state index is 12.1. The Morgan fingerprint density at radius 1 is 1.21 bits per heavy atom. The van der Waals surface area contributed by atoms with E-state index in [1.807, 2.05) is 24.3 Å². The van der Waals surface area contributed by atoms with E-state index >= 15 is 0 Å². The van der Waals surface area contributed by atoms with Gasteiger partial charge in [0.25, 0.3) is 0 Å². The summed E-state index contributed by atoms with van der Waals surface area (Å²) in [5.41, 5.74) is 4.13. The van der Waals surface area contributed by atoms with Gasteiger partial charge >= 0.3 is 5.97 Å². The molecular weight excluding hydrogens is 422 g/mol. The summed E-state index contributed by atoms with van der Waals surface area (Å²) in [6.07, 6.45) is 0. The molecule has 9 nitrogen and oxygen atoms in total. The zero-order chi connectivity index (χ0) is 22.8. The summed E-state index contributed by atoms with van der Waals surface area (Å²) in [5.74, 6) is -0.502. The number of nitrogens with one attached hydrogen (secondary N) is 2. The van der Waals surface area contributed by atoms with Crippen LogP contribution < -0.4 is 5.32 Å². The van der Waals surface area contributed by atoms with Crippen LogP contribution >= 0.6 is 0 Å². The molecule has 0 bridgehead atoms. The Kier molecular flexibility index (Phi) is 5.80. The molecule has 0 saturated carbocycles. The highest BCUT2D eigenvalue weighted by Crippen LogP contribution is 2.36. The van der Waals surface area contributed by atoms with E-state index in [1.54, 1.807) is 18.2 Å². The molecule has 3 N–H and O–H groups in total. The lowest BCUT2D eigenvalue weighted by atomic mass is 10.00. The smallest absolute Gasteiger partial charge is 0.337 e. The minimum atomic E-state index is -0.453. The minimum absolute atomic E-state index is 0.0490. The fraction of sp³-hybridized carbons (Fsp3) is 0.292. The first-order valence-electron chi connectivity index (χ1n) is 10.9. The van der Waals surface area contributed by atoms with E-state index in [1.165, 1.54) is 7.11 Å². The summed E-state index contributed by atoms with van der Waals surface area (Å²) >= 11 is 0. The minimum Gasteiger partial charge on any atom is -0.494 e. The first-order chi connectivity index (χ1) is 16.2. The van der Waals surface area contributed by atoms with Crippen molar-refractivity contribution in [1.82, 2.24) is 15.2 Å². The summed E-state index contributed by atoms with van der Waals surface area (Å²) in [6, 6.07) is 12.7. The molecule has 0 spiro atoms. The number of aromatic nitrogens is 1. The van der Waals surface area contributed by atoms with Gasteiger partial charge in [0.1, 0.15) is 18.0 Å². The number of carbonyl (C=O) groups is 1. The standard InChI is InChI=1S/C24H25N5O4/c1-32-24(31)15-6-7-19-17(14-15)20(23(30)27-19)22-21(16-4-2-3-5-18(16)26-22)28-33-13-12-29-10-8-25-9-11-29/h2-7,14,25,27,30H,8-13H2,1H3/b28-21+. The normalized spacial score (nSPS) is 17.2. The van der Waals surface area contributed by atoms with Gasteiger partial charge in [0.05, 0.1) is 23.9 Å². The van der Waals surface area contributed by atoms with Crippen molar-refractivity contribution in [2.24, 2.45) is 10.1 Å². The lowest BCUT2D eigenvalue weighted by Gasteiger charge is -2.26. The van der Waals surface area contributed by atoms with Gasteiger partial charge < -0.3 is 25.0 Å². The molecule has 1 fully saturated rings. The molecule has 0 amide bonds. The molecule has 3 heterocycles. The Labute approximate surface area is 190 Å². The number of ether oxygens (including phenoxy) is 1. The second kappa shape index (κ2) is 9.05. The number of aromatic amines is 1. The maximum absolute atomic E-state index is 12.1. The molecule has 0 atom stereocenters. The van der Waals surface area contributed by atoms with Crippen molar-refractivity contribution in [2.75, 3.05) is 46.4 Å². The molecular formula is C24H25N5O4. The van der Waals surface area contributed by atoms with E-state index in [0.29, 0.717) is 40.1 Å². The van der Waals surface area contributed by atoms with E-state index in [-0.39, 0.29) is 5.88 Å². The van der Waals surface area contributed by atoms with Crippen LogP contribution in [0.15, 0.2) is 52.6 Å². The molecule has 2 aliphatic rings. The van der Waals surface area contributed by atoms with Crippen molar-refractivity contribution < 1.29 is 19.5 Å². The van der Waals surface area contributed by atoms with E-state index in [2.05, 4.69) is 20.4 Å². The lowest BCUT2D eigenvalue weighted by Crippen LogP contribution is -2.44. The Bertz CT molecular complexity index is 1260. The highest BCUT2D eigenvalue weighted by atomic mass is 16.6. The zero-order valence-electron chi connectivity index (χ0n) is 18.3. The number of hydrogen-bond donors (Lipinski definition) is 3. The van der Waals surface area contributed by atoms with Gasteiger partial charge in [-0.1, -0.05) is 23.4 Å². The SMILES string of the molecule is COC(=O)c1ccc2[nH]c(O)c(C3=Nc4ccccc4/C3=N\OCCN3CCNCC3)c2c1. The van der Waals surface area contributed by atoms with Crippen molar-refractivity contribution in [3.8, 4) is 5.88 Å². The molecule has 33 heavy (non-hydrogen) atoms. The number of aromatic hydroxyl groups is 1. The number of methoxy groups -OCH3 is 1.